The minimum Gasteiger partial charge on any atom is -0.313 e. The summed E-state index contributed by atoms with van der Waals surface area (Å²) in [6.45, 7) is 11.6. The second-order valence-corrected chi connectivity index (χ2v) is 5.56. The van der Waals surface area contributed by atoms with Crippen molar-refractivity contribution in [3.63, 3.8) is 0 Å². The second-order valence-electron chi connectivity index (χ2n) is 5.56. The molecule has 0 spiro atoms. The highest BCUT2D eigenvalue weighted by Crippen LogP contribution is 2.27. The van der Waals surface area contributed by atoms with E-state index in [1.807, 2.05) is 0 Å². The minimum atomic E-state index is 0.688. The summed E-state index contributed by atoms with van der Waals surface area (Å²) < 4.78 is 0. The smallest absolute Gasteiger partial charge is 0.0113 e. The molecule has 1 rings (SSSR count). The second kappa shape index (κ2) is 7.29. The van der Waals surface area contributed by atoms with E-state index < -0.39 is 0 Å². The molecule has 1 N–H and O–H groups in total. The average molecular weight is 226 g/mol. The predicted molar refractivity (Wildman–Crippen MR) is 71.9 cm³/mol. The fourth-order valence-electron chi connectivity index (χ4n) is 2.32. The molecule has 0 radical (unpaired) electrons. The summed E-state index contributed by atoms with van der Waals surface area (Å²) in [6.07, 6.45) is 6.83. The van der Waals surface area contributed by atoms with Crippen molar-refractivity contribution >= 4 is 0 Å². The van der Waals surface area contributed by atoms with Crippen molar-refractivity contribution in [1.29, 1.82) is 0 Å². The van der Waals surface area contributed by atoms with E-state index in [9.17, 15) is 0 Å². The lowest BCUT2D eigenvalue weighted by Gasteiger charge is -2.27. The van der Waals surface area contributed by atoms with E-state index >= 15 is 0 Å². The highest BCUT2D eigenvalue weighted by atomic mass is 15.2. The van der Waals surface area contributed by atoms with Gasteiger partial charge in [0, 0.05) is 31.2 Å². The Hall–Kier alpha value is -0.0800. The van der Waals surface area contributed by atoms with Crippen LogP contribution < -0.4 is 5.32 Å². The van der Waals surface area contributed by atoms with Gasteiger partial charge in [0.1, 0.15) is 0 Å². The summed E-state index contributed by atoms with van der Waals surface area (Å²) in [5, 5.41) is 3.64. The van der Waals surface area contributed by atoms with Crippen LogP contribution in [0.15, 0.2) is 0 Å². The standard InChI is InChI=1S/C14H30N2/c1-5-6-7-13(4)15-10-11-16(12(2)3)14-8-9-14/h12-15H,5-11H2,1-4H3. The maximum atomic E-state index is 3.64. The Kier molecular flexibility index (Phi) is 6.37. The molecule has 0 aromatic rings. The Balaban J connectivity index is 2.08. The van der Waals surface area contributed by atoms with Crippen LogP contribution >= 0.6 is 0 Å². The largest absolute Gasteiger partial charge is 0.313 e. The van der Waals surface area contributed by atoms with Gasteiger partial charge in [-0.3, -0.25) is 4.90 Å². The third-order valence-corrected chi connectivity index (χ3v) is 3.53. The van der Waals surface area contributed by atoms with Crippen LogP contribution in [-0.2, 0) is 0 Å². The Morgan fingerprint density at radius 2 is 1.94 bits per heavy atom. The van der Waals surface area contributed by atoms with Crippen molar-refractivity contribution in [2.24, 2.45) is 0 Å². The average Bonchev–Trinajstić information content (AvgIpc) is 3.04. The summed E-state index contributed by atoms with van der Waals surface area (Å²) >= 11 is 0. The maximum absolute atomic E-state index is 3.64. The molecule has 0 saturated heterocycles. The summed E-state index contributed by atoms with van der Waals surface area (Å²) in [5.74, 6) is 0. The van der Waals surface area contributed by atoms with Gasteiger partial charge in [-0.25, -0.2) is 0 Å². The van der Waals surface area contributed by atoms with E-state index in [2.05, 4.69) is 37.9 Å². The van der Waals surface area contributed by atoms with E-state index in [1.165, 1.54) is 38.6 Å². The zero-order valence-corrected chi connectivity index (χ0v) is 11.6. The summed E-state index contributed by atoms with van der Waals surface area (Å²) in [4.78, 5) is 2.65. The zero-order valence-electron chi connectivity index (χ0n) is 11.6. The van der Waals surface area contributed by atoms with Gasteiger partial charge < -0.3 is 5.32 Å². The van der Waals surface area contributed by atoms with Crippen molar-refractivity contribution in [2.45, 2.75) is 77.9 Å². The molecule has 1 aliphatic rings. The first kappa shape index (κ1) is 14.0. The van der Waals surface area contributed by atoms with Gasteiger partial charge in [-0.15, -0.1) is 0 Å². The number of hydrogen-bond donors (Lipinski definition) is 1. The number of rotatable bonds is 9. The lowest BCUT2D eigenvalue weighted by molar-refractivity contribution is 0.209. The molecule has 0 amide bonds. The first-order valence-electron chi connectivity index (χ1n) is 7.14. The fourth-order valence-corrected chi connectivity index (χ4v) is 2.32. The minimum absolute atomic E-state index is 0.688. The van der Waals surface area contributed by atoms with Crippen molar-refractivity contribution in [3.8, 4) is 0 Å². The van der Waals surface area contributed by atoms with Gasteiger partial charge in [0.05, 0.1) is 0 Å². The Labute approximate surface area is 102 Å². The van der Waals surface area contributed by atoms with Crippen LogP contribution in [0.5, 0.6) is 0 Å². The van der Waals surface area contributed by atoms with Gasteiger partial charge in [0.25, 0.3) is 0 Å². The quantitative estimate of drug-likeness (QED) is 0.650. The first-order chi connectivity index (χ1) is 7.65. The molecule has 2 nitrogen and oxygen atoms in total. The maximum Gasteiger partial charge on any atom is 0.0113 e. The topological polar surface area (TPSA) is 15.3 Å². The van der Waals surface area contributed by atoms with Gasteiger partial charge in [-0.2, -0.15) is 0 Å². The van der Waals surface area contributed by atoms with E-state index in [-0.39, 0.29) is 0 Å². The van der Waals surface area contributed by atoms with Crippen LogP contribution in [0.4, 0.5) is 0 Å². The summed E-state index contributed by atoms with van der Waals surface area (Å²) in [6, 6.07) is 2.29. The van der Waals surface area contributed by atoms with E-state index in [1.54, 1.807) is 0 Å². The van der Waals surface area contributed by atoms with Gasteiger partial charge in [-0.05, 0) is 40.0 Å². The van der Waals surface area contributed by atoms with Gasteiger partial charge in [0.2, 0.25) is 0 Å². The normalized spacial score (nSPS) is 18.4. The highest BCUT2D eigenvalue weighted by Gasteiger charge is 2.29. The molecular weight excluding hydrogens is 196 g/mol. The molecule has 0 aliphatic heterocycles. The highest BCUT2D eigenvalue weighted by molar-refractivity contribution is 4.86. The number of unbranched alkanes of at least 4 members (excludes halogenated alkanes) is 1. The van der Waals surface area contributed by atoms with Crippen LogP contribution in [0.3, 0.4) is 0 Å². The van der Waals surface area contributed by atoms with Crippen LogP contribution in [-0.4, -0.2) is 36.1 Å². The molecular formula is C14H30N2. The molecule has 0 aromatic heterocycles. The van der Waals surface area contributed by atoms with Crippen molar-refractivity contribution in [1.82, 2.24) is 10.2 Å². The zero-order chi connectivity index (χ0) is 12.0. The lowest BCUT2D eigenvalue weighted by Crippen LogP contribution is -2.40. The molecule has 96 valence electrons. The third kappa shape index (κ3) is 5.31. The van der Waals surface area contributed by atoms with E-state index in [0.717, 1.165) is 12.6 Å². The first-order valence-corrected chi connectivity index (χ1v) is 7.14. The number of nitrogens with one attached hydrogen (secondary N) is 1. The summed E-state index contributed by atoms with van der Waals surface area (Å²) in [5.41, 5.74) is 0. The van der Waals surface area contributed by atoms with Crippen molar-refractivity contribution in [2.75, 3.05) is 13.1 Å². The molecule has 2 heteroatoms. The van der Waals surface area contributed by atoms with Crippen molar-refractivity contribution < 1.29 is 0 Å². The number of nitrogens with zero attached hydrogens (tertiary/aromatic N) is 1. The molecule has 1 unspecified atom stereocenters. The molecule has 1 fully saturated rings. The molecule has 1 aliphatic carbocycles. The Bertz CT molecular complexity index is 174. The van der Waals surface area contributed by atoms with Crippen LogP contribution in [0, 0.1) is 0 Å². The SMILES string of the molecule is CCCCC(C)NCCN(C(C)C)C1CC1. The van der Waals surface area contributed by atoms with Gasteiger partial charge in [0.15, 0.2) is 0 Å². The van der Waals surface area contributed by atoms with Crippen LogP contribution in [0.2, 0.25) is 0 Å². The third-order valence-electron chi connectivity index (χ3n) is 3.53. The molecule has 16 heavy (non-hydrogen) atoms. The predicted octanol–water partition coefficient (Wildman–Crippen LogP) is 3.03. The number of hydrogen-bond acceptors (Lipinski definition) is 2. The molecule has 0 heterocycles. The molecule has 0 aromatic carbocycles. The molecule has 1 atom stereocenters. The van der Waals surface area contributed by atoms with Crippen molar-refractivity contribution in [3.05, 3.63) is 0 Å². The lowest BCUT2D eigenvalue weighted by atomic mass is 10.1. The van der Waals surface area contributed by atoms with Gasteiger partial charge in [-0.1, -0.05) is 19.8 Å². The fraction of sp³-hybridized carbons (Fsp3) is 1.00. The Morgan fingerprint density at radius 3 is 2.44 bits per heavy atom. The molecule has 1 saturated carbocycles. The van der Waals surface area contributed by atoms with E-state index in [4.69, 9.17) is 0 Å². The van der Waals surface area contributed by atoms with Crippen LogP contribution in [0.1, 0.15) is 59.8 Å². The molecule has 0 bridgehead atoms. The van der Waals surface area contributed by atoms with E-state index in [0.29, 0.717) is 12.1 Å². The Morgan fingerprint density at radius 1 is 1.25 bits per heavy atom. The monoisotopic (exact) mass is 226 g/mol. The summed E-state index contributed by atoms with van der Waals surface area (Å²) in [7, 11) is 0. The van der Waals surface area contributed by atoms with Crippen LogP contribution in [0.25, 0.3) is 0 Å². The van der Waals surface area contributed by atoms with Gasteiger partial charge >= 0.3 is 0 Å².